The number of ether oxygens (including phenoxy) is 2. The van der Waals surface area contributed by atoms with E-state index in [1.165, 1.54) is 6.08 Å². The molecule has 17 heavy (non-hydrogen) atoms. The maximum absolute atomic E-state index is 13.2. The van der Waals surface area contributed by atoms with Crippen LogP contribution in [0.2, 0.25) is 5.02 Å². The van der Waals surface area contributed by atoms with Gasteiger partial charge in [-0.05, 0) is 13.0 Å². The van der Waals surface area contributed by atoms with Crippen LogP contribution in [-0.2, 0) is 9.53 Å². The molecule has 1 aromatic carbocycles. The Balaban J connectivity index is 3.03. The minimum Gasteiger partial charge on any atom is -0.434 e. The number of halogens is 2. The topological polar surface area (TPSA) is 65.0 Å². The van der Waals surface area contributed by atoms with E-state index in [0.717, 1.165) is 12.1 Å². The summed E-state index contributed by atoms with van der Waals surface area (Å²) < 4.78 is 22.4. The summed E-state index contributed by atoms with van der Waals surface area (Å²) in [7, 11) is 0. The summed E-state index contributed by atoms with van der Waals surface area (Å²) >= 11 is 5.63. The van der Waals surface area contributed by atoms with Crippen LogP contribution < -0.4 is 4.74 Å². The maximum atomic E-state index is 13.2. The van der Waals surface area contributed by atoms with Crippen LogP contribution in [0.3, 0.4) is 0 Å². The first kappa shape index (κ1) is 13.2. The van der Waals surface area contributed by atoms with E-state index in [2.05, 4.69) is 14.5 Å². The second kappa shape index (κ2) is 5.98. The molecule has 0 spiro atoms. The predicted octanol–water partition coefficient (Wildman–Crippen LogP) is 2.98. The third kappa shape index (κ3) is 3.55. The minimum atomic E-state index is -0.984. The molecular weight excluding hydrogens is 253 g/mol. The van der Waals surface area contributed by atoms with Crippen molar-refractivity contribution >= 4 is 29.5 Å². The Morgan fingerprint density at radius 1 is 1.59 bits per heavy atom. The summed E-state index contributed by atoms with van der Waals surface area (Å²) in [6, 6.07) is 1.87. The first-order valence-electron chi connectivity index (χ1n) is 4.50. The van der Waals surface area contributed by atoms with Gasteiger partial charge in [-0.3, -0.25) is 0 Å². The molecular formula is C10H7ClFNO4. The summed E-state index contributed by atoms with van der Waals surface area (Å²) in [5, 5.41) is -0.139. The molecule has 0 bridgehead atoms. The van der Waals surface area contributed by atoms with Crippen LogP contribution in [0, 0.1) is 5.82 Å². The van der Waals surface area contributed by atoms with Crippen molar-refractivity contribution in [3.8, 4) is 5.75 Å². The van der Waals surface area contributed by atoms with Gasteiger partial charge in [0.15, 0.2) is 11.6 Å². The van der Waals surface area contributed by atoms with Gasteiger partial charge in [0, 0.05) is 6.07 Å². The van der Waals surface area contributed by atoms with Crippen molar-refractivity contribution in [1.29, 1.82) is 0 Å². The number of hydrogen-bond acceptors (Lipinski definition) is 5. The molecule has 0 heterocycles. The third-order valence-electron chi connectivity index (χ3n) is 1.62. The van der Waals surface area contributed by atoms with Crippen molar-refractivity contribution in [3.63, 3.8) is 0 Å². The number of nitrogens with zero attached hydrogens (tertiary/aromatic N) is 1. The van der Waals surface area contributed by atoms with E-state index in [1.807, 2.05) is 0 Å². The lowest BCUT2D eigenvalue weighted by atomic mass is 10.3. The van der Waals surface area contributed by atoms with Crippen molar-refractivity contribution in [2.75, 3.05) is 6.61 Å². The average Bonchev–Trinajstić information content (AvgIpc) is 2.25. The zero-order chi connectivity index (χ0) is 12.8. The molecule has 0 aliphatic carbocycles. The predicted molar refractivity (Wildman–Crippen MR) is 56.8 cm³/mol. The summed E-state index contributed by atoms with van der Waals surface area (Å²) in [6.45, 7) is 1.71. The molecule has 90 valence electrons. The van der Waals surface area contributed by atoms with Gasteiger partial charge in [0.1, 0.15) is 5.69 Å². The lowest BCUT2D eigenvalue weighted by Gasteiger charge is -2.06. The van der Waals surface area contributed by atoms with Gasteiger partial charge in [0.05, 0.1) is 11.6 Å². The van der Waals surface area contributed by atoms with Crippen LogP contribution in [0.1, 0.15) is 6.92 Å². The van der Waals surface area contributed by atoms with Crippen molar-refractivity contribution in [2.24, 2.45) is 4.99 Å². The molecule has 0 radical (unpaired) electrons. The largest absolute Gasteiger partial charge is 0.513 e. The highest BCUT2D eigenvalue weighted by molar-refractivity contribution is 6.32. The van der Waals surface area contributed by atoms with E-state index >= 15 is 0 Å². The molecule has 0 aliphatic rings. The van der Waals surface area contributed by atoms with Crippen molar-refractivity contribution in [2.45, 2.75) is 6.92 Å². The van der Waals surface area contributed by atoms with Gasteiger partial charge in [-0.25, -0.2) is 14.0 Å². The van der Waals surface area contributed by atoms with Crippen LogP contribution in [0.25, 0.3) is 0 Å². The molecule has 0 aliphatic heterocycles. The summed E-state index contributed by atoms with van der Waals surface area (Å²) in [5.74, 6) is -0.977. The maximum Gasteiger partial charge on any atom is 0.513 e. The van der Waals surface area contributed by atoms with E-state index in [4.69, 9.17) is 11.6 Å². The fourth-order valence-electron chi connectivity index (χ4n) is 0.969. The normalized spacial score (nSPS) is 9.35. The Morgan fingerprint density at radius 3 is 2.88 bits per heavy atom. The number of aliphatic imine (C=N–C) groups is 1. The van der Waals surface area contributed by atoms with E-state index < -0.39 is 12.0 Å². The molecule has 0 saturated carbocycles. The molecule has 0 saturated heterocycles. The van der Waals surface area contributed by atoms with Gasteiger partial charge in [0.25, 0.3) is 0 Å². The molecule has 0 unspecified atom stereocenters. The first-order chi connectivity index (χ1) is 8.08. The van der Waals surface area contributed by atoms with Gasteiger partial charge in [-0.1, -0.05) is 11.6 Å². The van der Waals surface area contributed by atoms with Gasteiger partial charge in [0.2, 0.25) is 6.08 Å². The minimum absolute atomic E-state index is 0.122. The van der Waals surface area contributed by atoms with Crippen LogP contribution in [-0.4, -0.2) is 18.8 Å². The summed E-state index contributed by atoms with van der Waals surface area (Å²) in [6.07, 6.45) is 0.186. The van der Waals surface area contributed by atoms with Crippen molar-refractivity contribution in [1.82, 2.24) is 0 Å². The van der Waals surface area contributed by atoms with Crippen molar-refractivity contribution < 1.29 is 23.5 Å². The van der Waals surface area contributed by atoms with Gasteiger partial charge >= 0.3 is 6.16 Å². The lowest BCUT2D eigenvalue weighted by molar-refractivity contribution is 0.104. The summed E-state index contributed by atoms with van der Waals surface area (Å²) in [4.78, 5) is 24.1. The molecule has 0 atom stereocenters. The lowest BCUT2D eigenvalue weighted by Crippen LogP contribution is -2.10. The fourth-order valence-corrected chi connectivity index (χ4v) is 1.16. The Morgan fingerprint density at radius 2 is 2.29 bits per heavy atom. The zero-order valence-corrected chi connectivity index (χ0v) is 9.45. The van der Waals surface area contributed by atoms with Gasteiger partial charge in [-0.15, -0.1) is 0 Å². The zero-order valence-electron chi connectivity index (χ0n) is 8.70. The number of hydrogen-bond donors (Lipinski definition) is 0. The molecule has 0 fully saturated rings. The number of carbonyl (C=O) groups is 1. The van der Waals surface area contributed by atoms with E-state index in [0.29, 0.717) is 0 Å². The molecule has 7 heteroatoms. The number of carbonyl (C=O) groups excluding carboxylic acids is 2. The van der Waals surface area contributed by atoms with E-state index in [1.54, 1.807) is 6.92 Å². The molecule has 0 aromatic heterocycles. The Bertz CT molecular complexity index is 485. The highest BCUT2D eigenvalue weighted by Gasteiger charge is 2.13. The fraction of sp³-hybridized carbons (Fsp3) is 0.200. The summed E-state index contributed by atoms with van der Waals surface area (Å²) in [5.41, 5.74) is -0.330. The van der Waals surface area contributed by atoms with Crippen LogP contribution in [0.15, 0.2) is 17.1 Å². The highest BCUT2D eigenvalue weighted by atomic mass is 35.5. The Hall–Kier alpha value is -1.91. The molecule has 1 rings (SSSR count). The second-order valence-corrected chi connectivity index (χ2v) is 3.13. The van der Waals surface area contributed by atoms with Crippen LogP contribution in [0.4, 0.5) is 14.9 Å². The first-order valence-corrected chi connectivity index (χ1v) is 4.87. The average molecular weight is 260 g/mol. The Labute approximate surface area is 101 Å². The standard InChI is InChI=1S/C10H7ClFNO4/c1-2-16-10(15)17-9-4-8(13-5-14)7(12)3-6(9)11/h3-4H,2H2,1H3. The molecule has 5 nitrogen and oxygen atoms in total. The SMILES string of the molecule is CCOC(=O)Oc1cc(N=C=O)c(F)cc1Cl. The van der Waals surface area contributed by atoms with Crippen LogP contribution >= 0.6 is 11.6 Å². The van der Waals surface area contributed by atoms with Gasteiger partial charge < -0.3 is 9.47 Å². The monoisotopic (exact) mass is 259 g/mol. The highest BCUT2D eigenvalue weighted by Crippen LogP contribution is 2.32. The van der Waals surface area contributed by atoms with Crippen molar-refractivity contribution in [3.05, 3.63) is 23.0 Å². The van der Waals surface area contributed by atoms with E-state index in [9.17, 15) is 14.0 Å². The number of rotatable bonds is 3. The van der Waals surface area contributed by atoms with E-state index in [-0.39, 0.29) is 23.1 Å². The van der Waals surface area contributed by atoms with Gasteiger partial charge in [-0.2, -0.15) is 4.99 Å². The quantitative estimate of drug-likeness (QED) is 0.362. The number of isocyanates is 1. The number of benzene rings is 1. The molecule has 1 aromatic rings. The smallest absolute Gasteiger partial charge is 0.434 e. The molecule has 0 N–H and O–H groups in total. The Kier molecular flexibility index (Phi) is 4.63. The molecule has 0 amide bonds. The van der Waals surface area contributed by atoms with Crippen LogP contribution in [0.5, 0.6) is 5.75 Å². The second-order valence-electron chi connectivity index (χ2n) is 2.72. The third-order valence-corrected chi connectivity index (χ3v) is 1.92.